The number of allylic oxidation sites excluding steroid dienone is 2. The van der Waals surface area contributed by atoms with E-state index in [0.29, 0.717) is 41.3 Å². The van der Waals surface area contributed by atoms with Crippen LogP contribution in [0.3, 0.4) is 0 Å². The van der Waals surface area contributed by atoms with Gasteiger partial charge in [-0.25, -0.2) is 4.79 Å². The van der Waals surface area contributed by atoms with Crippen molar-refractivity contribution in [3.8, 4) is 11.5 Å². The average molecular weight is 450 g/mol. The quantitative estimate of drug-likeness (QED) is 0.719. The minimum absolute atomic E-state index is 0.00998. The van der Waals surface area contributed by atoms with Gasteiger partial charge in [-0.15, -0.1) is 0 Å². The molecule has 33 heavy (non-hydrogen) atoms. The van der Waals surface area contributed by atoms with E-state index in [0.717, 1.165) is 5.56 Å². The van der Waals surface area contributed by atoms with Crippen molar-refractivity contribution in [2.75, 3.05) is 19.1 Å². The summed E-state index contributed by atoms with van der Waals surface area (Å²) in [4.78, 5) is 39.8. The molecule has 2 aliphatic rings. The molecule has 0 bridgehead atoms. The summed E-state index contributed by atoms with van der Waals surface area (Å²) >= 11 is 0. The van der Waals surface area contributed by atoms with Crippen LogP contribution in [0.1, 0.15) is 54.9 Å². The Morgan fingerprint density at radius 3 is 2.33 bits per heavy atom. The van der Waals surface area contributed by atoms with E-state index in [2.05, 4.69) is 0 Å². The second-order valence-corrected chi connectivity index (χ2v) is 9.22. The second kappa shape index (κ2) is 8.39. The molecule has 0 aromatic heterocycles. The predicted octanol–water partition coefficient (Wildman–Crippen LogP) is 4.57. The molecule has 0 saturated heterocycles. The number of Topliss-reactive ketones (excluding diaryl/α,β-unsaturated/α-hetero) is 1. The lowest BCUT2D eigenvalue weighted by Crippen LogP contribution is -2.43. The van der Waals surface area contributed by atoms with Crippen LogP contribution in [-0.4, -0.2) is 37.0 Å². The molecule has 1 amide bonds. The number of carbonyl (C=O) groups is 3. The van der Waals surface area contributed by atoms with E-state index >= 15 is 0 Å². The minimum atomic E-state index is -1.04. The molecule has 0 fully saturated rings. The standard InChI is InChI=1S/C26H27NO6/c1-26(2)13-19-23(20(28)14-26)18(17-6-5-7-21(32-3)24(17)33-4)12-22(29)27(19)16-10-8-15(9-11-16)25(30)31/h5-11,18H,12-14H2,1-4H3,(H,30,31). The number of benzene rings is 2. The molecule has 0 spiro atoms. The molecule has 2 aromatic rings. The van der Waals surface area contributed by atoms with Crippen LogP contribution in [0.5, 0.6) is 11.5 Å². The Kier molecular flexibility index (Phi) is 5.74. The lowest BCUT2D eigenvalue weighted by Gasteiger charge is -2.43. The maximum absolute atomic E-state index is 13.5. The fourth-order valence-corrected chi connectivity index (χ4v) is 4.92. The molecule has 1 heterocycles. The summed E-state index contributed by atoms with van der Waals surface area (Å²) in [6.07, 6.45) is 1.02. The van der Waals surface area contributed by atoms with Crippen molar-refractivity contribution in [2.45, 2.75) is 39.0 Å². The number of hydrogen-bond acceptors (Lipinski definition) is 5. The predicted molar refractivity (Wildman–Crippen MR) is 123 cm³/mol. The first-order valence-corrected chi connectivity index (χ1v) is 10.8. The van der Waals surface area contributed by atoms with Crippen molar-refractivity contribution in [3.63, 3.8) is 0 Å². The number of anilines is 1. The van der Waals surface area contributed by atoms with Crippen molar-refractivity contribution < 1.29 is 29.0 Å². The first-order valence-electron chi connectivity index (χ1n) is 10.8. The number of carboxylic acid groups (broad SMARTS) is 1. The summed E-state index contributed by atoms with van der Waals surface area (Å²) in [6, 6.07) is 11.7. The van der Waals surface area contributed by atoms with Gasteiger partial charge in [-0.2, -0.15) is 0 Å². The zero-order valence-electron chi connectivity index (χ0n) is 19.2. The summed E-state index contributed by atoms with van der Waals surface area (Å²) in [7, 11) is 3.10. The Morgan fingerprint density at radius 2 is 1.73 bits per heavy atom. The fraction of sp³-hybridized carbons (Fsp3) is 0.346. The molecule has 4 rings (SSSR count). The normalized spacial score (nSPS) is 19.9. The number of ether oxygens (including phenoxy) is 2. The second-order valence-electron chi connectivity index (χ2n) is 9.22. The van der Waals surface area contributed by atoms with Gasteiger partial charge in [0.2, 0.25) is 5.91 Å². The highest BCUT2D eigenvalue weighted by molar-refractivity contribution is 6.08. The van der Waals surface area contributed by atoms with Crippen molar-refractivity contribution in [3.05, 3.63) is 64.9 Å². The van der Waals surface area contributed by atoms with E-state index in [1.807, 2.05) is 26.0 Å². The third-order valence-corrected chi connectivity index (χ3v) is 6.32. The first kappa shape index (κ1) is 22.6. The molecule has 7 nitrogen and oxygen atoms in total. The number of methoxy groups -OCH3 is 2. The molecule has 1 atom stereocenters. The molecular formula is C26H27NO6. The lowest BCUT2D eigenvalue weighted by atomic mass is 9.69. The van der Waals surface area contributed by atoms with E-state index in [4.69, 9.17) is 9.47 Å². The number of hydrogen-bond donors (Lipinski definition) is 1. The number of amides is 1. The number of para-hydroxylation sites is 1. The van der Waals surface area contributed by atoms with Gasteiger partial charge in [0, 0.05) is 41.3 Å². The number of carboxylic acids is 1. The molecule has 7 heteroatoms. The number of aromatic carboxylic acids is 1. The van der Waals surface area contributed by atoms with Crippen LogP contribution < -0.4 is 14.4 Å². The van der Waals surface area contributed by atoms with Gasteiger partial charge in [-0.05, 0) is 42.2 Å². The molecule has 172 valence electrons. The van der Waals surface area contributed by atoms with Crippen LogP contribution >= 0.6 is 0 Å². The summed E-state index contributed by atoms with van der Waals surface area (Å²) < 4.78 is 11.1. The summed E-state index contributed by atoms with van der Waals surface area (Å²) in [5, 5.41) is 9.23. The van der Waals surface area contributed by atoms with Crippen LogP contribution in [0, 0.1) is 5.41 Å². The van der Waals surface area contributed by atoms with Gasteiger partial charge < -0.3 is 14.6 Å². The van der Waals surface area contributed by atoms with Crippen LogP contribution in [0.4, 0.5) is 5.69 Å². The van der Waals surface area contributed by atoms with Gasteiger partial charge in [0.05, 0.1) is 19.8 Å². The molecule has 0 radical (unpaired) electrons. The largest absolute Gasteiger partial charge is 0.493 e. The smallest absolute Gasteiger partial charge is 0.335 e. The van der Waals surface area contributed by atoms with Gasteiger partial charge >= 0.3 is 5.97 Å². The number of ketones is 1. The Bertz CT molecular complexity index is 1160. The molecule has 1 aliphatic carbocycles. The van der Waals surface area contributed by atoms with Crippen molar-refractivity contribution in [1.29, 1.82) is 0 Å². The van der Waals surface area contributed by atoms with Crippen molar-refractivity contribution in [1.82, 2.24) is 0 Å². The lowest BCUT2D eigenvalue weighted by molar-refractivity contribution is -0.121. The van der Waals surface area contributed by atoms with Gasteiger partial charge in [0.25, 0.3) is 0 Å². The number of nitrogens with zero attached hydrogens (tertiary/aromatic N) is 1. The number of rotatable bonds is 5. The van der Waals surface area contributed by atoms with E-state index in [1.54, 1.807) is 37.3 Å². The van der Waals surface area contributed by atoms with E-state index in [9.17, 15) is 19.5 Å². The fourth-order valence-electron chi connectivity index (χ4n) is 4.92. The van der Waals surface area contributed by atoms with Crippen molar-refractivity contribution in [2.24, 2.45) is 5.41 Å². The maximum atomic E-state index is 13.5. The molecule has 1 aliphatic heterocycles. The van der Waals surface area contributed by atoms with Gasteiger partial charge in [0.15, 0.2) is 17.3 Å². The molecule has 1 unspecified atom stereocenters. The summed E-state index contributed by atoms with van der Waals surface area (Å²) in [5.41, 5.74) is 2.41. The summed E-state index contributed by atoms with van der Waals surface area (Å²) in [5.74, 6) is -0.573. The highest BCUT2D eigenvalue weighted by Gasteiger charge is 2.45. The maximum Gasteiger partial charge on any atom is 0.335 e. The SMILES string of the molecule is COc1cccc(C2CC(=O)N(c3ccc(C(=O)O)cc3)C3=C2C(=O)CC(C)(C)C3)c1OC. The third-order valence-electron chi connectivity index (χ3n) is 6.32. The highest BCUT2D eigenvalue weighted by atomic mass is 16.5. The Labute approximate surface area is 192 Å². The average Bonchev–Trinajstić information content (AvgIpc) is 2.77. The Morgan fingerprint density at radius 1 is 1.03 bits per heavy atom. The third kappa shape index (κ3) is 3.99. The highest BCUT2D eigenvalue weighted by Crippen LogP contribution is 2.50. The molecule has 1 N–H and O–H groups in total. The van der Waals surface area contributed by atoms with Gasteiger partial charge in [-0.3, -0.25) is 14.5 Å². The van der Waals surface area contributed by atoms with Crippen molar-refractivity contribution >= 4 is 23.3 Å². The van der Waals surface area contributed by atoms with Crippen LogP contribution in [0.25, 0.3) is 0 Å². The number of carbonyl (C=O) groups excluding carboxylic acids is 2. The van der Waals surface area contributed by atoms with Crippen LogP contribution in [0.2, 0.25) is 0 Å². The topological polar surface area (TPSA) is 93.1 Å². The Hall–Kier alpha value is -3.61. The summed E-state index contributed by atoms with van der Waals surface area (Å²) in [6.45, 7) is 4.03. The molecule has 2 aromatic carbocycles. The zero-order chi connectivity index (χ0) is 23.9. The molecule has 0 saturated carbocycles. The first-order chi connectivity index (χ1) is 15.7. The van der Waals surface area contributed by atoms with Crippen LogP contribution in [-0.2, 0) is 9.59 Å². The van der Waals surface area contributed by atoms with Gasteiger partial charge in [-0.1, -0.05) is 26.0 Å². The Balaban J connectivity index is 1.90. The van der Waals surface area contributed by atoms with E-state index in [-0.39, 0.29) is 29.1 Å². The zero-order valence-corrected chi connectivity index (χ0v) is 19.2. The van der Waals surface area contributed by atoms with E-state index in [1.165, 1.54) is 12.1 Å². The van der Waals surface area contributed by atoms with E-state index < -0.39 is 11.9 Å². The van der Waals surface area contributed by atoms with Gasteiger partial charge in [0.1, 0.15) is 0 Å². The monoisotopic (exact) mass is 449 g/mol. The minimum Gasteiger partial charge on any atom is -0.493 e. The molecular weight excluding hydrogens is 422 g/mol. The van der Waals surface area contributed by atoms with Crippen LogP contribution in [0.15, 0.2) is 53.7 Å².